The molecule has 1 aromatic carbocycles. The molecular weight excluding hydrogens is 401 g/mol. The number of anilines is 2. The first-order chi connectivity index (χ1) is 14.7. The standard InChI is InChI=1S/C22H28FN5OS/c23-18-5-7-19(8-6-18)26-11-13-27(14-12-26)20-15-21(25-17-24-20)30-16-22(29)28-9-3-1-2-4-10-28/h5-8,15,17H,1-4,9-14,16H2. The fraction of sp³-hybridized carbons (Fsp3) is 0.500. The maximum absolute atomic E-state index is 13.1. The summed E-state index contributed by atoms with van der Waals surface area (Å²) < 4.78 is 13.1. The van der Waals surface area contributed by atoms with Crippen molar-refractivity contribution in [2.75, 3.05) is 54.8 Å². The van der Waals surface area contributed by atoms with Crippen molar-refractivity contribution in [1.82, 2.24) is 14.9 Å². The maximum atomic E-state index is 13.1. The second-order valence-electron chi connectivity index (χ2n) is 7.75. The van der Waals surface area contributed by atoms with Crippen LogP contribution in [-0.4, -0.2) is 65.8 Å². The summed E-state index contributed by atoms with van der Waals surface area (Å²) in [6.07, 6.45) is 6.25. The summed E-state index contributed by atoms with van der Waals surface area (Å²) in [6.45, 7) is 5.15. The van der Waals surface area contributed by atoms with E-state index in [0.717, 1.165) is 68.6 Å². The molecule has 3 heterocycles. The van der Waals surface area contributed by atoms with E-state index in [9.17, 15) is 9.18 Å². The van der Waals surface area contributed by atoms with E-state index in [1.54, 1.807) is 6.33 Å². The van der Waals surface area contributed by atoms with Gasteiger partial charge in [0.1, 0.15) is 23.0 Å². The van der Waals surface area contributed by atoms with Crippen molar-refractivity contribution in [2.45, 2.75) is 30.7 Å². The van der Waals surface area contributed by atoms with E-state index in [1.807, 2.05) is 23.1 Å². The number of halogens is 1. The number of carbonyl (C=O) groups is 1. The molecule has 2 aliphatic rings. The van der Waals surface area contributed by atoms with Gasteiger partial charge in [-0.3, -0.25) is 4.79 Å². The summed E-state index contributed by atoms with van der Waals surface area (Å²) in [7, 11) is 0. The second-order valence-corrected chi connectivity index (χ2v) is 8.74. The molecular formula is C22H28FN5OS. The van der Waals surface area contributed by atoms with E-state index < -0.39 is 0 Å². The number of thioether (sulfide) groups is 1. The molecule has 4 rings (SSSR count). The fourth-order valence-electron chi connectivity index (χ4n) is 3.97. The summed E-state index contributed by atoms with van der Waals surface area (Å²) in [6, 6.07) is 8.64. The Balaban J connectivity index is 1.30. The molecule has 2 aromatic rings. The monoisotopic (exact) mass is 429 g/mol. The maximum Gasteiger partial charge on any atom is 0.232 e. The molecule has 0 saturated carbocycles. The van der Waals surface area contributed by atoms with E-state index >= 15 is 0 Å². The van der Waals surface area contributed by atoms with Crippen LogP contribution in [0.25, 0.3) is 0 Å². The molecule has 0 bridgehead atoms. The molecule has 0 aliphatic carbocycles. The normalized spacial score (nSPS) is 17.7. The van der Waals surface area contributed by atoms with Gasteiger partial charge in [0, 0.05) is 51.0 Å². The molecule has 8 heteroatoms. The lowest BCUT2D eigenvalue weighted by atomic mass is 10.2. The molecule has 2 aliphatic heterocycles. The summed E-state index contributed by atoms with van der Waals surface area (Å²) in [5.41, 5.74) is 1.04. The highest BCUT2D eigenvalue weighted by molar-refractivity contribution is 7.99. The minimum Gasteiger partial charge on any atom is -0.368 e. The van der Waals surface area contributed by atoms with Crippen molar-refractivity contribution in [3.63, 3.8) is 0 Å². The summed E-state index contributed by atoms with van der Waals surface area (Å²) in [4.78, 5) is 27.8. The van der Waals surface area contributed by atoms with Crippen LogP contribution in [0.5, 0.6) is 0 Å². The minimum absolute atomic E-state index is 0.204. The Kier molecular flexibility index (Phi) is 7.04. The zero-order valence-electron chi connectivity index (χ0n) is 17.2. The summed E-state index contributed by atoms with van der Waals surface area (Å²) in [5, 5.41) is 0.837. The van der Waals surface area contributed by atoms with Crippen molar-refractivity contribution < 1.29 is 9.18 Å². The lowest BCUT2D eigenvalue weighted by molar-refractivity contribution is -0.128. The summed E-state index contributed by atoms with van der Waals surface area (Å²) in [5.74, 6) is 1.32. The van der Waals surface area contributed by atoms with Gasteiger partial charge in [-0.15, -0.1) is 0 Å². The Morgan fingerprint density at radius 2 is 1.57 bits per heavy atom. The predicted octanol–water partition coefficient (Wildman–Crippen LogP) is 3.44. The fourth-order valence-corrected chi connectivity index (χ4v) is 4.74. The molecule has 0 radical (unpaired) electrons. The van der Waals surface area contributed by atoms with Crippen LogP contribution in [-0.2, 0) is 4.79 Å². The summed E-state index contributed by atoms with van der Waals surface area (Å²) >= 11 is 1.49. The van der Waals surface area contributed by atoms with Crippen molar-refractivity contribution in [3.05, 3.63) is 42.5 Å². The first kappa shape index (κ1) is 20.9. The van der Waals surface area contributed by atoms with E-state index in [0.29, 0.717) is 5.75 Å². The van der Waals surface area contributed by atoms with Gasteiger partial charge in [-0.05, 0) is 37.1 Å². The molecule has 1 amide bonds. The first-order valence-corrected chi connectivity index (χ1v) is 11.7. The predicted molar refractivity (Wildman–Crippen MR) is 119 cm³/mol. The number of rotatable bonds is 5. The molecule has 1 aromatic heterocycles. The Morgan fingerprint density at radius 1 is 0.900 bits per heavy atom. The van der Waals surface area contributed by atoms with Gasteiger partial charge in [-0.1, -0.05) is 24.6 Å². The van der Waals surface area contributed by atoms with Crippen LogP contribution < -0.4 is 9.80 Å². The number of likely N-dealkylation sites (tertiary alicyclic amines) is 1. The third-order valence-corrected chi connectivity index (χ3v) is 6.64. The van der Waals surface area contributed by atoms with Gasteiger partial charge in [0.05, 0.1) is 5.75 Å². The van der Waals surface area contributed by atoms with Gasteiger partial charge in [0.15, 0.2) is 0 Å². The minimum atomic E-state index is -0.210. The van der Waals surface area contributed by atoms with Crippen molar-refractivity contribution >= 4 is 29.2 Å². The van der Waals surface area contributed by atoms with Gasteiger partial charge in [-0.25, -0.2) is 14.4 Å². The Morgan fingerprint density at radius 3 is 2.27 bits per heavy atom. The number of hydrogen-bond donors (Lipinski definition) is 0. The average Bonchev–Trinajstić information content (AvgIpc) is 3.08. The lowest BCUT2D eigenvalue weighted by Gasteiger charge is -2.36. The number of hydrogen-bond acceptors (Lipinski definition) is 6. The molecule has 6 nitrogen and oxygen atoms in total. The molecule has 0 unspecified atom stereocenters. The average molecular weight is 430 g/mol. The molecule has 160 valence electrons. The SMILES string of the molecule is O=C(CSc1cc(N2CCN(c3ccc(F)cc3)CC2)ncn1)N1CCCCCC1. The van der Waals surface area contributed by atoms with Crippen LogP contribution in [0.4, 0.5) is 15.9 Å². The second kappa shape index (κ2) is 10.1. The Labute approximate surface area is 181 Å². The zero-order valence-corrected chi connectivity index (χ0v) is 18.0. The lowest BCUT2D eigenvalue weighted by Crippen LogP contribution is -2.46. The van der Waals surface area contributed by atoms with E-state index in [2.05, 4.69) is 19.8 Å². The third kappa shape index (κ3) is 5.41. The van der Waals surface area contributed by atoms with Gasteiger partial charge < -0.3 is 14.7 Å². The molecule has 0 N–H and O–H groups in total. The Bertz CT molecular complexity index is 834. The molecule has 2 saturated heterocycles. The Hall–Kier alpha value is -2.35. The molecule has 0 atom stereocenters. The van der Waals surface area contributed by atoms with Crippen molar-refractivity contribution in [2.24, 2.45) is 0 Å². The number of aromatic nitrogens is 2. The van der Waals surface area contributed by atoms with Gasteiger partial charge >= 0.3 is 0 Å². The highest BCUT2D eigenvalue weighted by atomic mass is 32.2. The number of benzene rings is 1. The number of amides is 1. The van der Waals surface area contributed by atoms with Gasteiger partial charge in [-0.2, -0.15) is 0 Å². The zero-order chi connectivity index (χ0) is 20.8. The van der Waals surface area contributed by atoms with Crippen LogP contribution in [0.15, 0.2) is 41.7 Å². The first-order valence-electron chi connectivity index (χ1n) is 10.7. The largest absolute Gasteiger partial charge is 0.368 e. The quantitative estimate of drug-likeness (QED) is 0.536. The number of piperazine rings is 1. The van der Waals surface area contributed by atoms with Crippen LogP contribution in [0.3, 0.4) is 0 Å². The smallest absolute Gasteiger partial charge is 0.232 e. The highest BCUT2D eigenvalue weighted by Crippen LogP contribution is 2.23. The van der Waals surface area contributed by atoms with Crippen LogP contribution in [0.1, 0.15) is 25.7 Å². The van der Waals surface area contributed by atoms with E-state index in [4.69, 9.17) is 0 Å². The van der Waals surface area contributed by atoms with Crippen molar-refractivity contribution in [3.8, 4) is 0 Å². The number of carbonyl (C=O) groups excluding carboxylic acids is 1. The van der Waals surface area contributed by atoms with E-state index in [-0.39, 0.29) is 11.7 Å². The van der Waals surface area contributed by atoms with Crippen LogP contribution in [0.2, 0.25) is 0 Å². The molecule has 30 heavy (non-hydrogen) atoms. The third-order valence-electron chi connectivity index (χ3n) is 5.73. The molecule has 0 spiro atoms. The topological polar surface area (TPSA) is 52.6 Å². The molecule has 2 fully saturated rings. The van der Waals surface area contributed by atoms with Gasteiger partial charge in [0.2, 0.25) is 5.91 Å². The van der Waals surface area contributed by atoms with Gasteiger partial charge in [0.25, 0.3) is 0 Å². The number of nitrogens with zero attached hydrogens (tertiary/aromatic N) is 5. The van der Waals surface area contributed by atoms with Crippen LogP contribution >= 0.6 is 11.8 Å². The van der Waals surface area contributed by atoms with Crippen molar-refractivity contribution in [1.29, 1.82) is 0 Å². The highest BCUT2D eigenvalue weighted by Gasteiger charge is 2.20. The van der Waals surface area contributed by atoms with Crippen LogP contribution in [0, 0.1) is 5.82 Å². The van der Waals surface area contributed by atoms with E-state index in [1.165, 1.54) is 36.7 Å².